The summed E-state index contributed by atoms with van der Waals surface area (Å²) in [5, 5.41) is 3.31. The molecule has 0 fully saturated rings. The molecule has 0 amide bonds. The predicted molar refractivity (Wildman–Crippen MR) is 69.7 cm³/mol. The highest BCUT2D eigenvalue weighted by Gasteiger charge is 2.00. The third-order valence-corrected chi connectivity index (χ3v) is 2.70. The lowest BCUT2D eigenvalue weighted by atomic mass is 10.2. The van der Waals surface area contributed by atoms with Crippen LogP contribution in [0.4, 0.5) is 4.39 Å². The van der Waals surface area contributed by atoms with Crippen LogP contribution in [-0.2, 0) is 13.1 Å². The first-order valence-corrected chi connectivity index (χ1v) is 6.23. The smallest absolute Gasteiger partial charge is 0.123 e. The second-order valence-electron chi connectivity index (χ2n) is 4.34. The fraction of sp³-hybridized carbons (Fsp3) is 0.357. The van der Waals surface area contributed by atoms with Crippen LogP contribution >= 0.6 is 0 Å². The minimum atomic E-state index is -0.200. The van der Waals surface area contributed by atoms with Crippen LogP contribution in [0.25, 0.3) is 0 Å². The van der Waals surface area contributed by atoms with E-state index < -0.39 is 0 Å². The van der Waals surface area contributed by atoms with Gasteiger partial charge in [-0.05, 0) is 30.7 Å². The summed E-state index contributed by atoms with van der Waals surface area (Å²) >= 11 is 0. The Morgan fingerprint density at radius 3 is 2.78 bits per heavy atom. The largest absolute Gasteiger partial charge is 0.333 e. The van der Waals surface area contributed by atoms with Crippen molar-refractivity contribution in [2.45, 2.75) is 26.4 Å². The molecule has 0 spiro atoms. The van der Waals surface area contributed by atoms with Gasteiger partial charge >= 0.3 is 0 Å². The predicted octanol–water partition coefficient (Wildman–Crippen LogP) is 2.57. The second kappa shape index (κ2) is 6.31. The number of halogens is 1. The van der Waals surface area contributed by atoms with Crippen LogP contribution in [0, 0.1) is 5.82 Å². The molecule has 0 radical (unpaired) electrons. The molecule has 1 N–H and O–H groups in total. The van der Waals surface area contributed by atoms with Crippen molar-refractivity contribution in [2.75, 3.05) is 6.54 Å². The Kier molecular flexibility index (Phi) is 4.47. The van der Waals surface area contributed by atoms with E-state index >= 15 is 0 Å². The van der Waals surface area contributed by atoms with E-state index in [1.54, 1.807) is 12.1 Å². The van der Waals surface area contributed by atoms with E-state index in [1.807, 2.05) is 17.1 Å². The molecule has 2 rings (SSSR count). The first-order valence-electron chi connectivity index (χ1n) is 6.23. The monoisotopic (exact) mass is 247 g/mol. The maximum atomic E-state index is 12.8. The van der Waals surface area contributed by atoms with E-state index in [-0.39, 0.29) is 5.82 Å². The van der Waals surface area contributed by atoms with E-state index in [2.05, 4.69) is 17.2 Å². The fourth-order valence-corrected chi connectivity index (χ4v) is 1.78. The van der Waals surface area contributed by atoms with Crippen LogP contribution in [0.1, 0.15) is 24.6 Å². The van der Waals surface area contributed by atoms with Crippen molar-refractivity contribution in [1.82, 2.24) is 14.9 Å². The summed E-state index contributed by atoms with van der Waals surface area (Å²) in [6.45, 7) is 4.66. The van der Waals surface area contributed by atoms with Gasteiger partial charge in [0.15, 0.2) is 0 Å². The summed E-state index contributed by atoms with van der Waals surface area (Å²) in [6, 6.07) is 6.56. The van der Waals surface area contributed by atoms with Crippen molar-refractivity contribution in [3.63, 3.8) is 0 Å². The summed E-state index contributed by atoms with van der Waals surface area (Å²) in [5.41, 5.74) is 2.10. The molecule has 0 aliphatic heterocycles. The summed E-state index contributed by atoms with van der Waals surface area (Å²) < 4.78 is 14.8. The number of nitrogens with one attached hydrogen (secondary N) is 1. The van der Waals surface area contributed by atoms with Gasteiger partial charge in [0.1, 0.15) is 5.82 Å². The van der Waals surface area contributed by atoms with Gasteiger partial charge in [0.05, 0.1) is 12.0 Å². The lowest BCUT2D eigenvalue weighted by Gasteiger charge is -2.02. The Morgan fingerprint density at radius 2 is 2.06 bits per heavy atom. The van der Waals surface area contributed by atoms with E-state index in [0.29, 0.717) is 0 Å². The molecular formula is C14H18FN3. The van der Waals surface area contributed by atoms with Gasteiger partial charge in [-0.2, -0.15) is 0 Å². The van der Waals surface area contributed by atoms with Crippen molar-refractivity contribution in [3.8, 4) is 0 Å². The molecule has 96 valence electrons. The molecule has 0 saturated heterocycles. The van der Waals surface area contributed by atoms with Gasteiger partial charge < -0.3 is 9.88 Å². The maximum Gasteiger partial charge on any atom is 0.123 e. The highest BCUT2D eigenvalue weighted by molar-refractivity contribution is 5.16. The molecule has 1 heterocycles. The zero-order valence-electron chi connectivity index (χ0n) is 10.6. The molecule has 2 aromatic rings. The molecule has 1 aromatic carbocycles. The SMILES string of the molecule is CCCNCc1cn(Cc2ccc(F)cc2)cn1. The molecule has 0 bridgehead atoms. The Hall–Kier alpha value is -1.68. The van der Waals surface area contributed by atoms with Crippen molar-refractivity contribution in [3.05, 3.63) is 53.9 Å². The fourth-order valence-electron chi connectivity index (χ4n) is 1.78. The van der Waals surface area contributed by atoms with Gasteiger partial charge in [-0.25, -0.2) is 9.37 Å². The van der Waals surface area contributed by atoms with E-state index in [9.17, 15) is 4.39 Å². The number of hydrogen-bond donors (Lipinski definition) is 1. The van der Waals surface area contributed by atoms with Crippen LogP contribution in [0.2, 0.25) is 0 Å². The van der Waals surface area contributed by atoms with E-state index in [4.69, 9.17) is 0 Å². The van der Waals surface area contributed by atoms with Crippen LogP contribution in [0.3, 0.4) is 0 Å². The number of rotatable bonds is 6. The van der Waals surface area contributed by atoms with Crippen molar-refractivity contribution in [1.29, 1.82) is 0 Å². The average molecular weight is 247 g/mol. The van der Waals surface area contributed by atoms with Crippen molar-refractivity contribution in [2.24, 2.45) is 0 Å². The Labute approximate surface area is 107 Å². The Morgan fingerprint density at radius 1 is 1.28 bits per heavy atom. The van der Waals surface area contributed by atoms with Gasteiger partial charge in [-0.15, -0.1) is 0 Å². The standard InChI is InChI=1S/C14H18FN3/c1-2-7-16-8-14-10-18(11-17-14)9-12-3-5-13(15)6-4-12/h3-6,10-11,16H,2,7-9H2,1H3. The zero-order valence-corrected chi connectivity index (χ0v) is 10.6. The molecule has 4 heteroatoms. The Balaban J connectivity index is 1.91. The molecule has 0 unspecified atom stereocenters. The van der Waals surface area contributed by atoms with Gasteiger partial charge in [0.25, 0.3) is 0 Å². The molecule has 0 atom stereocenters. The van der Waals surface area contributed by atoms with E-state index in [0.717, 1.165) is 37.3 Å². The number of imidazole rings is 1. The molecule has 1 aromatic heterocycles. The number of nitrogens with zero attached hydrogens (tertiary/aromatic N) is 2. The molecule has 3 nitrogen and oxygen atoms in total. The average Bonchev–Trinajstić information content (AvgIpc) is 2.80. The summed E-state index contributed by atoms with van der Waals surface area (Å²) in [7, 11) is 0. The van der Waals surface area contributed by atoms with Crippen LogP contribution < -0.4 is 5.32 Å². The molecule has 0 aliphatic carbocycles. The lowest BCUT2D eigenvalue weighted by molar-refractivity contribution is 0.626. The molecule has 0 aliphatic rings. The number of hydrogen-bond acceptors (Lipinski definition) is 2. The van der Waals surface area contributed by atoms with Gasteiger partial charge in [-0.1, -0.05) is 19.1 Å². The van der Waals surface area contributed by atoms with Gasteiger partial charge in [0, 0.05) is 19.3 Å². The number of aromatic nitrogens is 2. The first-order chi connectivity index (χ1) is 8.78. The highest BCUT2D eigenvalue weighted by Crippen LogP contribution is 2.06. The summed E-state index contributed by atoms with van der Waals surface area (Å²) in [6.07, 6.45) is 4.95. The third kappa shape index (κ3) is 3.67. The lowest BCUT2D eigenvalue weighted by Crippen LogP contribution is -2.13. The summed E-state index contributed by atoms with van der Waals surface area (Å²) in [5.74, 6) is -0.200. The quantitative estimate of drug-likeness (QED) is 0.795. The minimum absolute atomic E-state index is 0.200. The van der Waals surface area contributed by atoms with Crippen LogP contribution in [-0.4, -0.2) is 16.1 Å². The maximum absolute atomic E-state index is 12.8. The van der Waals surface area contributed by atoms with Crippen LogP contribution in [0.5, 0.6) is 0 Å². The molecule has 0 saturated carbocycles. The van der Waals surface area contributed by atoms with E-state index in [1.165, 1.54) is 12.1 Å². The first kappa shape index (κ1) is 12.8. The number of benzene rings is 1. The zero-order chi connectivity index (χ0) is 12.8. The van der Waals surface area contributed by atoms with Gasteiger partial charge in [-0.3, -0.25) is 0 Å². The van der Waals surface area contributed by atoms with Crippen molar-refractivity contribution < 1.29 is 4.39 Å². The van der Waals surface area contributed by atoms with Crippen LogP contribution in [0.15, 0.2) is 36.8 Å². The minimum Gasteiger partial charge on any atom is -0.333 e. The second-order valence-corrected chi connectivity index (χ2v) is 4.34. The van der Waals surface area contributed by atoms with Crippen molar-refractivity contribution >= 4 is 0 Å². The normalized spacial score (nSPS) is 10.8. The Bertz CT molecular complexity index is 476. The molecule has 18 heavy (non-hydrogen) atoms. The third-order valence-electron chi connectivity index (χ3n) is 2.70. The van der Waals surface area contributed by atoms with Gasteiger partial charge in [0.2, 0.25) is 0 Å². The topological polar surface area (TPSA) is 29.9 Å². The highest BCUT2D eigenvalue weighted by atomic mass is 19.1. The summed E-state index contributed by atoms with van der Waals surface area (Å²) in [4.78, 5) is 4.33. The molecular weight excluding hydrogens is 229 g/mol.